The minimum Gasteiger partial charge on any atom is -0.373 e. The molecule has 0 aliphatic carbocycles. The fraction of sp³-hybridized carbons (Fsp3) is 0.389. The largest absolute Gasteiger partial charge is 0.373 e. The lowest BCUT2D eigenvalue weighted by atomic mass is 10.1. The van der Waals surface area contributed by atoms with Gasteiger partial charge in [-0.3, -0.25) is 10.00 Å². The molecule has 5 rings (SSSR count). The number of H-pyrrole nitrogens is 1. The first-order valence-corrected chi connectivity index (χ1v) is 8.67. The summed E-state index contributed by atoms with van der Waals surface area (Å²) >= 11 is 0. The van der Waals surface area contributed by atoms with Crippen LogP contribution in [-0.4, -0.2) is 63.5 Å². The zero-order chi connectivity index (χ0) is 16.6. The third-order valence-corrected chi connectivity index (χ3v) is 5.17. The molecule has 0 radical (unpaired) electrons. The quantitative estimate of drug-likeness (QED) is 0.780. The molecule has 0 saturated carbocycles. The van der Waals surface area contributed by atoms with E-state index in [4.69, 9.17) is 4.74 Å². The van der Waals surface area contributed by atoms with E-state index in [0.29, 0.717) is 6.04 Å². The molecule has 1 N–H and O–H groups in total. The Hall–Kier alpha value is -2.51. The molecule has 0 amide bonds. The Balaban J connectivity index is 1.39. The van der Waals surface area contributed by atoms with E-state index in [1.54, 1.807) is 12.5 Å². The number of anilines is 1. The Bertz CT molecular complexity index is 866. The summed E-state index contributed by atoms with van der Waals surface area (Å²) in [7, 11) is 0. The van der Waals surface area contributed by atoms with Crippen molar-refractivity contribution in [1.82, 2.24) is 25.1 Å². The number of morpholine rings is 1. The normalized spacial score (nSPS) is 23.9. The van der Waals surface area contributed by atoms with Gasteiger partial charge >= 0.3 is 0 Å². The fourth-order valence-electron chi connectivity index (χ4n) is 3.95. The van der Waals surface area contributed by atoms with Gasteiger partial charge in [-0.2, -0.15) is 5.10 Å². The highest BCUT2D eigenvalue weighted by atomic mass is 16.5. The second-order valence-electron chi connectivity index (χ2n) is 6.67. The maximum Gasteiger partial charge on any atom is 0.160 e. The smallest absolute Gasteiger partial charge is 0.160 e. The van der Waals surface area contributed by atoms with Crippen LogP contribution in [0.5, 0.6) is 0 Å². The van der Waals surface area contributed by atoms with Gasteiger partial charge in [0.2, 0.25) is 0 Å². The van der Waals surface area contributed by atoms with Crippen molar-refractivity contribution in [3.05, 3.63) is 48.4 Å². The van der Waals surface area contributed by atoms with E-state index in [2.05, 4.69) is 60.3 Å². The van der Waals surface area contributed by atoms with Crippen LogP contribution in [0.15, 0.2) is 42.9 Å². The van der Waals surface area contributed by atoms with Crippen molar-refractivity contribution in [2.24, 2.45) is 0 Å². The summed E-state index contributed by atoms with van der Waals surface area (Å²) < 4.78 is 6.06. The molecule has 2 aliphatic heterocycles. The Morgan fingerprint density at radius 3 is 3.00 bits per heavy atom. The molecule has 3 aromatic rings. The molecular formula is C18H20N6O. The molecular weight excluding hydrogens is 316 g/mol. The van der Waals surface area contributed by atoms with Crippen molar-refractivity contribution in [3.63, 3.8) is 0 Å². The summed E-state index contributed by atoms with van der Waals surface area (Å²) in [5, 5.41) is 7.99. The Morgan fingerprint density at radius 2 is 2.08 bits per heavy atom. The van der Waals surface area contributed by atoms with Gasteiger partial charge in [0.15, 0.2) is 5.65 Å². The number of ether oxygens (including phenoxy) is 1. The van der Waals surface area contributed by atoms with E-state index in [-0.39, 0.29) is 6.10 Å². The van der Waals surface area contributed by atoms with Crippen molar-refractivity contribution in [1.29, 1.82) is 0 Å². The van der Waals surface area contributed by atoms with E-state index >= 15 is 0 Å². The first kappa shape index (κ1) is 14.8. The predicted octanol–water partition coefficient (Wildman–Crippen LogP) is 1.44. The monoisotopic (exact) mass is 336 g/mol. The van der Waals surface area contributed by atoms with Gasteiger partial charge < -0.3 is 9.64 Å². The molecule has 0 bridgehead atoms. The van der Waals surface area contributed by atoms with Gasteiger partial charge in [-0.15, -0.1) is 0 Å². The number of hydrogen-bond acceptors (Lipinski definition) is 6. The molecule has 2 fully saturated rings. The summed E-state index contributed by atoms with van der Waals surface area (Å²) in [6.45, 7) is 4.48. The maximum absolute atomic E-state index is 6.06. The number of nitrogens with one attached hydrogen (secondary N) is 1. The van der Waals surface area contributed by atoms with Gasteiger partial charge in [0.1, 0.15) is 12.1 Å². The summed E-state index contributed by atoms with van der Waals surface area (Å²) in [6, 6.07) is 11.0. The minimum absolute atomic E-state index is 0.217. The summed E-state index contributed by atoms with van der Waals surface area (Å²) in [6.07, 6.45) is 3.62. The second kappa shape index (κ2) is 6.09. The summed E-state index contributed by atoms with van der Waals surface area (Å²) in [5.74, 6) is 0.941. The Morgan fingerprint density at radius 1 is 1.16 bits per heavy atom. The van der Waals surface area contributed by atoms with E-state index in [1.165, 1.54) is 5.56 Å². The molecule has 1 aromatic carbocycles. The summed E-state index contributed by atoms with van der Waals surface area (Å²) in [4.78, 5) is 13.6. The van der Waals surface area contributed by atoms with Crippen molar-refractivity contribution < 1.29 is 4.74 Å². The van der Waals surface area contributed by atoms with Crippen LogP contribution < -0.4 is 4.90 Å². The van der Waals surface area contributed by atoms with Crippen LogP contribution in [0.1, 0.15) is 5.56 Å². The Labute approximate surface area is 145 Å². The third-order valence-electron chi connectivity index (χ3n) is 5.17. The zero-order valence-corrected chi connectivity index (χ0v) is 13.9. The molecule has 2 unspecified atom stereocenters. The molecule has 0 spiro atoms. The predicted molar refractivity (Wildman–Crippen MR) is 94.3 cm³/mol. The van der Waals surface area contributed by atoms with Gasteiger partial charge in [0.25, 0.3) is 0 Å². The minimum atomic E-state index is 0.217. The molecule has 128 valence electrons. The molecule has 7 nitrogen and oxygen atoms in total. The SMILES string of the molecule is c1ccc(CN2CCOC3CN(c4ncnc5[nH]ncc45)CC32)cc1. The van der Waals surface area contributed by atoms with E-state index in [0.717, 1.165) is 49.6 Å². The van der Waals surface area contributed by atoms with Gasteiger partial charge in [-0.05, 0) is 5.56 Å². The average molecular weight is 336 g/mol. The molecule has 4 heterocycles. The van der Waals surface area contributed by atoms with Crippen molar-refractivity contribution >= 4 is 16.9 Å². The van der Waals surface area contributed by atoms with Crippen LogP contribution in [0, 0.1) is 0 Å². The van der Waals surface area contributed by atoms with Gasteiger partial charge in [0.05, 0.1) is 30.3 Å². The molecule has 2 atom stereocenters. The second-order valence-corrected chi connectivity index (χ2v) is 6.67. The molecule has 7 heteroatoms. The molecule has 25 heavy (non-hydrogen) atoms. The molecule has 2 aliphatic rings. The number of benzene rings is 1. The van der Waals surface area contributed by atoms with Gasteiger partial charge in [0, 0.05) is 26.2 Å². The molecule has 2 saturated heterocycles. The van der Waals surface area contributed by atoms with Crippen LogP contribution >= 0.6 is 0 Å². The van der Waals surface area contributed by atoms with Crippen LogP contribution in [0.3, 0.4) is 0 Å². The van der Waals surface area contributed by atoms with Crippen LogP contribution in [0.25, 0.3) is 11.0 Å². The van der Waals surface area contributed by atoms with Crippen molar-refractivity contribution in [2.75, 3.05) is 31.1 Å². The first-order valence-electron chi connectivity index (χ1n) is 8.67. The average Bonchev–Trinajstić information content (AvgIpc) is 3.29. The number of rotatable bonds is 3. The number of hydrogen-bond donors (Lipinski definition) is 1. The maximum atomic E-state index is 6.06. The standard InChI is InChI=1S/C18H20N6O/c1-2-4-13(5-3-1)9-23-6-7-25-16-11-24(10-15(16)23)18-14-8-21-22-17(14)19-12-20-18/h1-5,8,12,15-16H,6-7,9-11H2,(H,19,20,21,22). The van der Waals surface area contributed by atoms with Crippen LogP contribution in [-0.2, 0) is 11.3 Å². The highest BCUT2D eigenvalue weighted by Gasteiger charge is 2.41. The highest BCUT2D eigenvalue weighted by molar-refractivity contribution is 5.86. The zero-order valence-electron chi connectivity index (χ0n) is 13.9. The van der Waals surface area contributed by atoms with Crippen molar-refractivity contribution in [2.45, 2.75) is 18.7 Å². The first-order chi connectivity index (χ1) is 12.4. The Kier molecular flexibility index (Phi) is 3.61. The number of aromatic nitrogens is 4. The van der Waals surface area contributed by atoms with Crippen molar-refractivity contribution in [3.8, 4) is 0 Å². The fourth-order valence-corrected chi connectivity index (χ4v) is 3.95. The summed E-state index contributed by atoms with van der Waals surface area (Å²) in [5.41, 5.74) is 2.13. The van der Waals surface area contributed by atoms with Crippen LogP contribution in [0.4, 0.5) is 5.82 Å². The van der Waals surface area contributed by atoms with E-state index in [1.807, 2.05) is 0 Å². The number of nitrogens with zero attached hydrogens (tertiary/aromatic N) is 5. The highest BCUT2D eigenvalue weighted by Crippen LogP contribution is 2.30. The van der Waals surface area contributed by atoms with E-state index in [9.17, 15) is 0 Å². The van der Waals surface area contributed by atoms with Crippen LogP contribution in [0.2, 0.25) is 0 Å². The van der Waals surface area contributed by atoms with Gasteiger partial charge in [-0.25, -0.2) is 9.97 Å². The topological polar surface area (TPSA) is 70.2 Å². The number of fused-ring (bicyclic) bond motifs is 2. The molecule has 2 aromatic heterocycles. The number of aromatic amines is 1. The lowest BCUT2D eigenvalue weighted by Crippen LogP contribution is -2.50. The van der Waals surface area contributed by atoms with Gasteiger partial charge in [-0.1, -0.05) is 30.3 Å². The van der Waals surface area contributed by atoms with E-state index < -0.39 is 0 Å². The lowest BCUT2D eigenvalue weighted by molar-refractivity contribution is -0.0499. The third kappa shape index (κ3) is 2.65. The lowest BCUT2D eigenvalue weighted by Gasteiger charge is -2.36.